The Morgan fingerprint density at radius 1 is 1.35 bits per heavy atom. The summed E-state index contributed by atoms with van der Waals surface area (Å²) < 4.78 is 6.58. The van der Waals surface area contributed by atoms with Crippen LogP contribution in [0.25, 0.3) is 0 Å². The maximum absolute atomic E-state index is 12.2. The third-order valence-electron chi connectivity index (χ3n) is 3.86. The molecule has 0 aliphatic carbocycles. The summed E-state index contributed by atoms with van der Waals surface area (Å²) in [5.74, 6) is 0. The van der Waals surface area contributed by atoms with Gasteiger partial charge in [-0.15, -0.1) is 0 Å². The van der Waals surface area contributed by atoms with Crippen molar-refractivity contribution in [3.63, 3.8) is 0 Å². The summed E-state index contributed by atoms with van der Waals surface area (Å²) in [6.45, 7) is 8.12. The van der Waals surface area contributed by atoms with Crippen LogP contribution in [0.4, 0.5) is 4.79 Å². The van der Waals surface area contributed by atoms with Gasteiger partial charge >= 0.3 is 6.09 Å². The van der Waals surface area contributed by atoms with Gasteiger partial charge < -0.3 is 15.0 Å². The van der Waals surface area contributed by atoms with Crippen LogP contribution in [0, 0.1) is 0 Å². The lowest BCUT2D eigenvalue weighted by Gasteiger charge is -2.26. The Labute approximate surface area is 147 Å². The van der Waals surface area contributed by atoms with Crippen molar-refractivity contribution >= 4 is 22.0 Å². The number of nitrogens with zero attached hydrogens (tertiary/aromatic N) is 1. The average Bonchev–Trinajstić information content (AvgIpc) is 2.69. The highest BCUT2D eigenvalue weighted by atomic mass is 79.9. The Hall–Kier alpha value is -1.07. The van der Waals surface area contributed by atoms with Crippen molar-refractivity contribution in [1.82, 2.24) is 10.2 Å². The predicted molar refractivity (Wildman–Crippen MR) is 96.4 cm³/mol. The maximum Gasteiger partial charge on any atom is 0.410 e. The van der Waals surface area contributed by atoms with E-state index in [0.29, 0.717) is 6.04 Å². The molecule has 0 bridgehead atoms. The van der Waals surface area contributed by atoms with Gasteiger partial charge in [0.25, 0.3) is 0 Å². The van der Waals surface area contributed by atoms with Crippen LogP contribution in [-0.2, 0) is 11.3 Å². The average molecular weight is 383 g/mol. The highest BCUT2D eigenvalue weighted by Gasteiger charge is 2.24. The van der Waals surface area contributed by atoms with E-state index in [2.05, 4.69) is 39.4 Å². The molecule has 1 fully saturated rings. The normalized spacial score (nSPS) is 19.3. The smallest absolute Gasteiger partial charge is 0.410 e. The van der Waals surface area contributed by atoms with Crippen molar-refractivity contribution in [2.24, 2.45) is 0 Å². The van der Waals surface area contributed by atoms with Crippen LogP contribution in [0.3, 0.4) is 0 Å². The standard InChI is InChI=1S/C18H27BrN2O2/c1-18(2,3)23-17(22)21-10-5-8-16(9-11-21)20-13-14-6-4-7-15(19)12-14/h4,6-7,12,16,20H,5,8-11,13H2,1-3H3. The van der Waals surface area contributed by atoms with E-state index in [9.17, 15) is 4.79 Å². The molecule has 0 saturated carbocycles. The number of ether oxygens (including phenoxy) is 1. The summed E-state index contributed by atoms with van der Waals surface area (Å²) >= 11 is 3.50. The first-order valence-corrected chi connectivity index (χ1v) is 9.08. The number of hydrogen-bond donors (Lipinski definition) is 1. The molecule has 1 amide bonds. The lowest BCUT2D eigenvalue weighted by Crippen LogP contribution is -2.38. The van der Waals surface area contributed by atoms with Gasteiger partial charge in [0.2, 0.25) is 0 Å². The minimum absolute atomic E-state index is 0.190. The van der Waals surface area contributed by atoms with Crippen molar-refractivity contribution in [1.29, 1.82) is 0 Å². The highest BCUT2D eigenvalue weighted by molar-refractivity contribution is 9.10. The number of carbonyl (C=O) groups is 1. The lowest BCUT2D eigenvalue weighted by molar-refractivity contribution is 0.0256. The molecule has 0 radical (unpaired) electrons. The Balaban J connectivity index is 1.80. The van der Waals surface area contributed by atoms with Gasteiger partial charge in [-0.1, -0.05) is 28.1 Å². The van der Waals surface area contributed by atoms with Crippen molar-refractivity contribution < 1.29 is 9.53 Å². The largest absolute Gasteiger partial charge is 0.444 e. The van der Waals surface area contributed by atoms with Crippen molar-refractivity contribution in [3.8, 4) is 0 Å². The third-order valence-corrected chi connectivity index (χ3v) is 4.36. The third kappa shape index (κ3) is 6.51. The minimum atomic E-state index is -0.429. The summed E-state index contributed by atoms with van der Waals surface area (Å²) in [5, 5.41) is 3.61. The van der Waals surface area contributed by atoms with Crippen LogP contribution in [0.2, 0.25) is 0 Å². The van der Waals surface area contributed by atoms with E-state index in [4.69, 9.17) is 4.74 Å². The van der Waals surface area contributed by atoms with Crippen LogP contribution in [0.15, 0.2) is 28.7 Å². The van der Waals surface area contributed by atoms with E-state index in [1.165, 1.54) is 5.56 Å². The molecule has 1 saturated heterocycles. The summed E-state index contributed by atoms with van der Waals surface area (Å²) in [5.41, 5.74) is 0.842. The first-order valence-electron chi connectivity index (χ1n) is 8.29. The fourth-order valence-corrected chi connectivity index (χ4v) is 3.17. The van der Waals surface area contributed by atoms with Crippen molar-refractivity contribution in [2.75, 3.05) is 13.1 Å². The van der Waals surface area contributed by atoms with E-state index in [1.54, 1.807) is 0 Å². The molecular formula is C18H27BrN2O2. The summed E-state index contributed by atoms with van der Waals surface area (Å²) in [7, 11) is 0. The van der Waals surface area contributed by atoms with Crippen LogP contribution in [0.5, 0.6) is 0 Å². The van der Waals surface area contributed by atoms with Gasteiger partial charge in [-0.2, -0.15) is 0 Å². The molecule has 5 heteroatoms. The molecule has 1 aromatic carbocycles. The number of benzene rings is 1. The van der Waals surface area contributed by atoms with Gasteiger partial charge in [-0.3, -0.25) is 0 Å². The molecule has 23 heavy (non-hydrogen) atoms. The van der Waals surface area contributed by atoms with Crippen LogP contribution in [0.1, 0.15) is 45.6 Å². The lowest BCUT2D eigenvalue weighted by atomic mass is 10.1. The first kappa shape index (κ1) is 18.3. The molecule has 0 spiro atoms. The number of hydrogen-bond acceptors (Lipinski definition) is 3. The Morgan fingerprint density at radius 3 is 2.83 bits per heavy atom. The summed E-state index contributed by atoms with van der Waals surface area (Å²) in [6, 6.07) is 8.80. The molecule has 1 aromatic rings. The molecule has 1 N–H and O–H groups in total. The van der Waals surface area contributed by atoms with E-state index in [-0.39, 0.29) is 6.09 Å². The van der Waals surface area contributed by atoms with E-state index in [0.717, 1.165) is 43.4 Å². The zero-order valence-electron chi connectivity index (χ0n) is 14.3. The molecule has 1 atom stereocenters. The fraction of sp³-hybridized carbons (Fsp3) is 0.611. The second kappa shape index (κ2) is 8.15. The van der Waals surface area contributed by atoms with Crippen LogP contribution in [-0.4, -0.2) is 35.7 Å². The monoisotopic (exact) mass is 382 g/mol. The Morgan fingerprint density at radius 2 is 2.13 bits per heavy atom. The molecule has 1 aliphatic rings. The van der Waals surface area contributed by atoms with E-state index >= 15 is 0 Å². The molecular weight excluding hydrogens is 356 g/mol. The molecule has 1 unspecified atom stereocenters. The van der Waals surface area contributed by atoms with Crippen molar-refractivity contribution in [2.45, 2.75) is 58.2 Å². The van der Waals surface area contributed by atoms with E-state index < -0.39 is 5.60 Å². The molecule has 1 aliphatic heterocycles. The zero-order chi connectivity index (χ0) is 16.9. The van der Waals surface area contributed by atoms with E-state index in [1.807, 2.05) is 31.7 Å². The Kier molecular flexibility index (Phi) is 6.48. The molecule has 0 aromatic heterocycles. The number of rotatable bonds is 3. The van der Waals surface area contributed by atoms with Crippen LogP contribution >= 0.6 is 15.9 Å². The minimum Gasteiger partial charge on any atom is -0.444 e. The Bertz CT molecular complexity index is 528. The molecule has 4 nitrogen and oxygen atoms in total. The number of amides is 1. The van der Waals surface area contributed by atoms with Gasteiger partial charge in [0.15, 0.2) is 0 Å². The number of carbonyl (C=O) groups excluding carboxylic acids is 1. The fourth-order valence-electron chi connectivity index (χ4n) is 2.72. The van der Waals surface area contributed by atoms with Gasteiger partial charge in [0, 0.05) is 30.1 Å². The maximum atomic E-state index is 12.2. The second-order valence-corrected chi connectivity index (χ2v) is 8.02. The van der Waals surface area contributed by atoms with Crippen LogP contribution < -0.4 is 5.32 Å². The number of nitrogens with one attached hydrogen (secondary N) is 1. The van der Waals surface area contributed by atoms with Gasteiger partial charge in [0.05, 0.1) is 0 Å². The second-order valence-electron chi connectivity index (χ2n) is 7.11. The number of likely N-dealkylation sites (tertiary alicyclic amines) is 1. The number of halogens is 1. The summed E-state index contributed by atoms with van der Waals surface area (Å²) in [4.78, 5) is 14.0. The molecule has 2 rings (SSSR count). The highest BCUT2D eigenvalue weighted by Crippen LogP contribution is 2.17. The topological polar surface area (TPSA) is 41.6 Å². The summed E-state index contributed by atoms with van der Waals surface area (Å²) in [6.07, 6.45) is 2.88. The quantitative estimate of drug-likeness (QED) is 0.845. The predicted octanol–water partition coefficient (Wildman–Crippen LogP) is 4.33. The SMILES string of the molecule is CC(C)(C)OC(=O)N1CCCC(NCc2cccc(Br)c2)CC1. The zero-order valence-corrected chi connectivity index (χ0v) is 15.9. The first-order chi connectivity index (χ1) is 10.8. The molecule has 128 valence electrons. The van der Waals surface area contributed by atoms with Gasteiger partial charge in [-0.25, -0.2) is 4.79 Å². The van der Waals surface area contributed by atoms with Gasteiger partial charge in [-0.05, 0) is 57.7 Å². The molecule has 1 heterocycles. The van der Waals surface area contributed by atoms with Gasteiger partial charge in [0.1, 0.15) is 5.60 Å². The van der Waals surface area contributed by atoms with Crippen molar-refractivity contribution in [3.05, 3.63) is 34.3 Å².